The van der Waals surface area contributed by atoms with Crippen LogP contribution >= 0.6 is 12.2 Å². The van der Waals surface area contributed by atoms with E-state index in [1.807, 2.05) is 0 Å². The Morgan fingerprint density at radius 1 is 1.10 bits per heavy atom. The van der Waals surface area contributed by atoms with Gasteiger partial charge < -0.3 is 15.5 Å². The lowest BCUT2D eigenvalue weighted by Gasteiger charge is -2.27. The zero-order valence-corrected chi connectivity index (χ0v) is 14.2. The van der Waals surface area contributed by atoms with E-state index in [4.69, 9.17) is 12.2 Å². The number of halogens is 1. The van der Waals surface area contributed by atoms with E-state index in [9.17, 15) is 4.39 Å². The second kappa shape index (κ2) is 8.95. The van der Waals surface area contributed by atoms with Crippen LogP contribution in [-0.4, -0.2) is 30.3 Å². The summed E-state index contributed by atoms with van der Waals surface area (Å²) in [6.07, 6.45) is 0. The smallest absolute Gasteiger partial charge is 0.166 e. The predicted molar refractivity (Wildman–Crippen MR) is 89.9 cm³/mol. The van der Waals surface area contributed by atoms with E-state index >= 15 is 0 Å². The quantitative estimate of drug-likeness (QED) is 0.666. The van der Waals surface area contributed by atoms with Crippen LogP contribution in [0.5, 0.6) is 0 Å². The van der Waals surface area contributed by atoms with Crippen molar-refractivity contribution >= 4 is 17.3 Å². The van der Waals surface area contributed by atoms with E-state index in [1.165, 1.54) is 12.1 Å². The summed E-state index contributed by atoms with van der Waals surface area (Å²) in [6, 6.07) is 7.64. The van der Waals surface area contributed by atoms with Gasteiger partial charge in [-0.3, -0.25) is 0 Å². The summed E-state index contributed by atoms with van der Waals surface area (Å²) >= 11 is 5.26. The second-order valence-electron chi connectivity index (χ2n) is 5.87. The first-order valence-electron chi connectivity index (χ1n) is 7.52. The second-order valence-corrected chi connectivity index (χ2v) is 6.28. The van der Waals surface area contributed by atoms with Gasteiger partial charge in [-0.25, -0.2) is 4.39 Å². The van der Waals surface area contributed by atoms with Gasteiger partial charge in [0.05, 0.1) is 25.2 Å². The fraction of sp³-hybridized carbons (Fsp3) is 0.562. The molecule has 0 heterocycles. The molecule has 3 nitrogen and oxygen atoms in total. The van der Waals surface area contributed by atoms with Crippen molar-refractivity contribution in [3.63, 3.8) is 0 Å². The molecule has 1 aromatic carbocycles. The van der Waals surface area contributed by atoms with Crippen LogP contribution in [0.4, 0.5) is 4.39 Å². The van der Waals surface area contributed by atoms with Crippen molar-refractivity contribution in [2.45, 2.75) is 46.3 Å². The maximum Gasteiger partial charge on any atom is 0.166 e. The van der Waals surface area contributed by atoms with E-state index in [0.29, 0.717) is 23.7 Å². The monoisotopic (exact) mass is 312 g/mol. The first-order chi connectivity index (χ1) is 9.90. The summed E-state index contributed by atoms with van der Waals surface area (Å²) in [5.74, 6) is -0.218. The van der Waals surface area contributed by atoms with Crippen molar-refractivity contribution in [3.8, 4) is 0 Å². The highest BCUT2D eigenvalue weighted by molar-refractivity contribution is 7.80. The zero-order valence-electron chi connectivity index (χ0n) is 13.4. The van der Waals surface area contributed by atoms with Crippen LogP contribution in [0.3, 0.4) is 0 Å². The van der Waals surface area contributed by atoms with E-state index < -0.39 is 0 Å². The van der Waals surface area contributed by atoms with Gasteiger partial charge >= 0.3 is 0 Å². The van der Waals surface area contributed by atoms with Crippen molar-refractivity contribution in [3.05, 3.63) is 35.6 Å². The molecule has 3 N–H and O–H groups in total. The van der Waals surface area contributed by atoms with Gasteiger partial charge in [-0.05, 0) is 57.6 Å². The van der Waals surface area contributed by atoms with Crippen molar-refractivity contribution in [1.82, 2.24) is 10.6 Å². The van der Waals surface area contributed by atoms with Gasteiger partial charge in [0.15, 0.2) is 5.11 Å². The zero-order chi connectivity index (χ0) is 15.8. The normalized spacial score (nSPS) is 11.2. The summed E-state index contributed by atoms with van der Waals surface area (Å²) in [5, 5.41) is 7.01. The average Bonchev–Trinajstić information content (AvgIpc) is 2.42. The van der Waals surface area contributed by atoms with E-state index in [0.717, 1.165) is 18.7 Å². The van der Waals surface area contributed by atoms with Gasteiger partial charge in [0.25, 0.3) is 0 Å². The summed E-state index contributed by atoms with van der Waals surface area (Å²) in [7, 11) is 0. The molecule has 0 saturated carbocycles. The molecule has 0 aliphatic carbocycles. The molecule has 0 saturated heterocycles. The maximum absolute atomic E-state index is 12.8. The average molecular weight is 312 g/mol. The lowest BCUT2D eigenvalue weighted by Crippen LogP contribution is -3.18. The van der Waals surface area contributed by atoms with E-state index in [2.05, 4.69) is 38.3 Å². The van der Waals surface area contributed by atoms with Crippen molar-refractivity contribution in [1.29, 1.82) is 0 Å². The van der Waals surface area contributed by atoms with Crippen LogP contribution in [0, 0.1) is 5.82 Å². The number of benzene rings is 1. The minimum absolute atomic E-state index is 0.218. The molecule has 0 aliphatic heterocycles. The third-order valence-electron chi connectivity index (χ3n) is 3.55. The van der Waals surface area contributed by atoms with E-state index in [1.54, 1.807) is 17.0 Å². The molecule has 21 heavy (non-hydrogen) atoms. The standard InChI is InChI=1S/C16H26FN3S/c1-12(2)20(13(3)4)10-9-18-16(21)19-11-14-5-7-15(17)8-6-14/h5-8,12-13H,9-11H2,1-4H3,(H2,18,19,21)/p+1. The SMILES string of the molecule is CC(C)[NH+](CCNC(=S)NCc1ccc(F)cc1)C(C)C. The molecular formula is C16H27FN3S+. The predicted octanol–water partition coefficient (Wildman–Crippen LogP) is 1.49. The summed E-state index contributed by atoms with van der Waals surface area (Å²) < 4.78 is 12.8. The Morgan fingerprint density at radius 3 is 2.19 bits per heavy atom. The van der Waals surface area contributed by atoms with Crippen LogP contribution in [0.2, 0.25) is 0 Å². The lowest BCUT2D eigenvalue weighted by atomic mass is 10.2. The maximum atomic E-state index is 12.8. The summed E-state index contributed by atoms with van der Waals surface area (Å²) in [6.45, 7) is 11.4. The van der Waals surface area contributed by atoms with Gasteiger partial charge in [0.1, 0.15) is 5.82 Å². The van der Waals surface area contributed by atoms with Crippen molar-refractivity contribution < 1.29 is 9.29 Å². The Hall–Kier alpha value is -1.20. The fourth-order valence-corrected chi connectivity index (χ4v) is 2.59. The number of hydrogen-bond acceptors (Lipinski definition) is 1. The fourth-order valence-electron chi connectivity index (χ4n) is 2.41. The molecule has 0 aromatic heterocycles. The first-order valence-corrected chi connectivity index (χ1v) is 7.92. The van der Waals surface area contributed by atoms with Crippen molar-refractivity contribution in [2.24, 2.45) is 0 Å². The lowest BCUT2D eigenvalue weighted by molar-refractivity contribution is -0.941. The summed E-state index contributed by atoms with van der Waals surface area (Å²) in [5.41, 5.74) is 1.01. The van der Waals surface area contributed by atoms with Gasteiger partial charge in [-0.15, -0.1) is 0 Å². The highest BCUT2D eigenvalue weighted by atomic mass is 32.1. The Kier molecular flexibility index (Phi) is 7.61. The van der Waals surface area contributed by atoms with Crippen LogP contribution in [0.1, 0.15) is 33.3 Å². The number of thiocarbonyl (C=S) groups is 1. The van der Waals surface area contributed by atoms with Gasteiger partial charge in [0.2, 0.25) is 0 Å². The number of quaternary nitrogens is 1. The molecule has 1 rings (SSSR count). The largest absolute Gasteiger partial charge is 0.359 e. The van der Waals surface area contributed by atoms with Crippen LogP contribution in [0.15, 0.2) is 24.3 Å². The molecule has 0 amide bonds. The molecule has 118 valence electrons. The van der Waals surface area contributed by atoms with Gasteiger partial charge in [0, 0.05) is 6.54 Å². The number of hydrogen-bond donors (Lipinski definition) is 3. The molecule has 0 aliphatic rings. The summed E-state index contributed by atoms with van der Waals surface area (Å²) in [4.78, 5) is 1.56. The minimum atomic E-state index is -0.218. The molecule has 1 aromatic rings. The Bertz CT molecular complexity index is 424. The molecule has 0 spiro atoms. The van der Waals surface area contributed by atoms with E-state index in [-0.39, 0.29) is 5.82 Å². The van der Waals surface area contributed by atoms with Crippen LogP contribution in [0.25, 0.3) is 0 Å². The van der Waals surface area contributed by atoms with Crippen molar-refractivity contribution in [2.75, 3.05) is 13.1 Å². The Morgan fingerprint density at radius 2 is 1.67 bits per heavy atom. The third kappa shape index (κ3) is 6.87. The van der Waals surface area contributed by atoms with Crippen LogP contribution in [-0.2, 0) is 6.54 Å². The highest BCUT2D eigenvalue weighted by Crippen LogP contribution is 2.01. The molecule has 0 radical (unpaired) electrons. The molecule has 0 atom stereocenters. The molecule has 5 heteroatoms. The molecule has 0 fully saturated rings. The van der Waals surface area contributed by atoms with Gasteiger partial charge in [-0.1, -0.05) is 12.1 Å². The topological polar surface area (TPSA) is 28.5 Å². The first kappa shape index (κ1) is 17.9. The molecule has 0 bridgehead atoms. The Labute approximate surface area is 132 Å². The van der Waals surface area contributed by atoms with Crippen LogP contribution < -0.4 is 15.5 Å². The molecular weight excluding hydrogens is 285 g/mol. The Balaban J connectivity index is 2.26. The number of nitrogens with one attached hydrogen (secondary N) is 3. The minimum Gasteiger partial charge on any atom is -0.359 e. The number of rotatable bonds is 7. The highest BCUT2D eigenvalue weighted by Gasteiger charge is 2.16. The molecule has 0 unspecified atom stereocenters. The van der Waals surface area contributed by atoms with Gasteiger partial charge in [-0.2, -0.15) is 0 Å². The third-order valence-corrected chi connectivity index (χ3v) is 3.84.